The van der Waals surface area contributed by atoms with E-state index < -0.39 is 0 Å². The largest absolute Gasteiger partial charge is 0.381 e. The van der Waals surface area contributed by atoms with Crippen molar-refractivity contribution in [1.82, 2.24) is 0 Å². The topological polar surface area (TPSA) is 9.23 Å². The van der Waals surface area contributed by atoms with Crippen molar-refractivity contribution in [1.29, 1.82) is 0 Å². The summed E-state index contributed by atoms with van der Waals surface area (Å²) in [7, 11) is 0. The predicted molar refractivity (Wildman–Crippen MR) is 68.3 cm³/mol. The van der Waals surface area contributed by atoms with Gasteiger partial charge in [-0.2, -0.15) is 0 Å². The maximum Gasteiger partial charge on any atom is 0.0491 e. The molecule has 1 heteroatoms. The van der Waals surface area contributed by atoms with Crippen LogP contribution in [0.5, 0.6) is 0 Å². The molecule has 0 aromatic heterocycles. The van der Waals surface area contributed by atoms with E-state index in [-0.39, 0.29) is 0 Å². The maximum atomic E-state index is 5.41. The Morgan fingerprint density at radius 3 is 2.07 bits per heavy atom. The molecule has 0 aromatic carbocycles. The Labute approximate surface area is 96.6 Å². The normalized spacial score (nSPS) is 13.0. The molecule has 0 radical (unpaired) electrons. The fraction of sp³-hybridized carbons (Fsp3) is 1.00. The maximum absolute atomic E-state index is 5.41. The van der Waals surface area contributed by atoms with Gasteiger partial charge in [-0.05, 0) is 19.3 Å². The van der Waals surface area contributed by atoms with Gasteiger partial charge in [-0.25, -0.2) is 0 Å². The van der Waals surface area contributed by atoms with E-state index in [2.05, 4.69) is 20.8 Å². The molecule has 0 saturated carbocycles. The molecule has 0 aliphatic rings. The molecule has 0 saturated heterocycles. The van der Waals surface area contributed by atoms with Crippen molar-refractivity contribution in [3.8, 4) is 0 Å². The van der Waals surface area contributed by atoms with Crippen LogP contribution in [-0.4, -0.2) is 13.2 Å². The minimum Gasteiger partial charge on any atom is -0.381 e. The second-order valence-electron chi connectivity index (χ2n) is 4.67. The first-order valence-corrected chi connectivity index (χ1v) is 6.89. The highest BCUT2D eigenvalue weighted by molar-refractivity contribution is 4.52. The van der Waals surface area contributed by atoms with E-state index >= 15 is 0 Å². The first-order valence-electron chi connectivity index (χ1n) is 6.89. The van der Waals surface area contributed by atoms with E-state index in [4.69, 9.17) is 4.74 Å². The highest BCUT2D eigenvalue weighted by Gasteiger charge is 2.01. The first-order chi connectivity index (χ1) is 7.31. The zero-order chi connectivity index (χ0) is 11.4. The molecule has 92 valence electrons. The van der Waals surface area contributed by atoms with Gasteiger partial charge in [-0.1, -0.05) is 58.8 Å². The van der Waals surface area contributed by atoms with E-state index in [1.165, 1.54) is 51.4 Å². The lowest BCUT2D eigenvalue weighted by molar-refractivity contribution is 0.112. The van der Waals surface area contributed by atoms with Crippen LogP contribution in [0.4, 0.5) is 0 Å². The summed E-state index contributed by atoms with van der Waals surface area (Å²) in [5, 5.41) is 0. The van der Waals surface area contributed by atoms with Crippen molar-refractivity contribution in [2.75, 3.05) is 13.2 Å². The van der Waals surface area contributed by atoms with Crippen LogP contribution in [0.25, 0.3) is 0 Å². The summed E-state index contributed by atoms with van der Waals surface area (Å²) in [5.74, 6) is 0.751. The van der Waals surface area contributed by atoms with Gasteiger partial charge in [0.05, 0.1) is 0 Å². The Kier molecular flexibility index (Phi) is 12.0. The molecule has 15 heavy (non-hydrogen) atoms. The average Bonchev–Trinajstić information content (AvgIpc) is 2.25. The van der Waals surface area contributed by atoms with Crippen LogP contribution in [0.1, 0.15) is 72.1 Å². The van der Waals surface area contributed by atoms with Crippen LogP contribution >= 0.6 is 0 Å². The molecule has 0 aliphatic carbocycles. The molecular formula is C14H30O. The van der Waals surface area contributed by atoms with Gasteiger partial charge in [-0.15, -0.1) is 0 Å². The van der Waals surface area contributed by atoms with Gasteiger partial charge in [0, 0.05) is 13.2 Å². The van der Waals surface area contributed by atoms with Crippen LogP contribution in [0.15, 0.2) is 0 Å². The zero-order valence-electron chi connectivity index (χ0n) is 11.1. The van der Waals surface area contributed by atoms with E-state index in [1.54, 1.807) is 0 Å². The molecule has 1 atom stereocenters. The van der Waals surface area contributed by atoms with E-state index in [1.807, 2.05) is 0 Å². The van der Waals surface area contributed by atoms with Crippen molar-refractivity contribution in [3.63, 3.8) is 0 Å². The van der Waals surface area contributed by atoms with Gasteiger partial charge < -0.3 is 4.74 Å². The number of rotatable bonds is 11. The third-order valence-electron chi connectivity index (χ3n) is 2.91. The first kappa shape index (κ1) is 15.0. The minimum absolute atomic E-state index is 0.751. The van der Waals surface area contributed by atoms with Crippen molar-refractivity contribution >= 4 is 0 Å². The van der Waals surface area contributed by atoms with Crippen LogP contribution in [0.2, 0.25) is 0 Å². The van der Waals surface area contributed by atoms with Crippen molar-refractivity contribution < 1.29 is 4.74 Å². The van der Waals surface area contributed by atoms with Gasteiger partial charge >= 0.3 is 0 Å². The zero-order valence-corrected chi connectivity index (χ0v) is 11.1. The molecule has 0 spiro atoms. The molecule has 0 aromatic rings. The van der Waals surface area contributed by atoms with Gasteiger partial charge in [0.25, 0.3) is 0 Å². The molecular weight excluding hydrogens is 184 g/mol. The molecule has 0 amide bonds. The number of hydrogen-bond donors (Lipinski definition) is 0. The van der Waals surface area contributed by atoms with E-state index in [0.29, 0.717) is 0 Å². The lowest BCUT2D eigenvalue weighted by atomic mass is 10.0. The number of ether oxygens (including phenoxy) is 1. The SMILES string of the molecule is CCCCCCCCCC(C)COCC. The molecule has 0 heterocycles. The summed E-state index contributed by atoms with van der Waals surface area (Å²) in [6.45, 7) is 8.45. The second kappa shape index (κ2) is 12.0. The van der Waals surface area contributed by atoms with Gasteiger partial charge in [0.15, 0.2) is 0 Å². The smallest absolute Gasteiger partial charge is 0.0491 e. The van der Waals surface area contributed by atoms with Crippen LogP contribution in [0, 0.1) is 5.92 Å². The molecule has 1 nitrogen and oxygen atoms in total. The summed E-state index contributed by atoms with van der Waals surface area (Å²) in [6.07, 6.45) is 11.2. The minimum atomic E-state index is 0.751. The lowest BCUT2D eigenvalue weighted by Gasteiger charge is -2.10. The van der Waals surface area contributed by atoms with E-state index in [0.717, 1.165) is 19.1 Å². The molecule has 0 bridgehead atoms. The fourth-order valence-corrected chi connectivity index (χ4v) is 1.85. The van der Waals surface area contributed by atoms with Gasteiger partial charge in [0.1, 0.15) is 0 Å². The predicted octanol–water partition coefficient (Wildman–Crippen LogP) is 4.80. The highest BCUT2D eigenvalue weighted by Crippen LogP contribution is 2.12. The van der Waals surface area contributed by atoms with Crippen molar-refractivity contribution in [2.24, 2.45) is 5.92 Å². The number of hydrogen-bond acceptors (Lipinski definition) is 1. The Balaban J connectivity index is 3.02. The third-order valence-corrected chi connectivity index (χ3v) is 2.91. The Morgan fingerprint density at radius 1 is 0.867 bits per heavy atom. The summed E-state index contributed by atoms with van der Waals surface area (Å²) < 4.78 is 5.41. The monoisotopic (exact) mass is 214 g/mol. The summed E-state index contributed by atoms with van der Waals surface area (Å²) in [4.78, 5) is 0. The molecule has 1 unspecified atom stereocenters. The van der Waals surface area contributed by atoms with Crippen LogP contribution in [0.3, 0.4) is 0 Å². The average molecular weight is 214 g/mol. The van der Waals surface area contributed by atoms with Crippen molar-refractivity contribution in [2.45, 2.75) is 72.1 Å². The molecule has 0 rings (SSSR count). The van der Waals surface area contributed by atoms with Gasteiger partial charge in [0.2, 0.25) is 0 Å². The van der Waals surface area contributed by atoms with Crippen LogP contribution < -0.4 is 0 Å². The standard InChI is InChI=1S/C14H30O/c1-4-6-7-8-9-10-11-12-14(3)13-15-5-2/h14H,4-13H2,1-3H3. The molecule has 0 fully saturated rings. The summed E-state index contributed by atoms with van der Waals surface area (Å²) in [6, 6.07) is 0. The number of unbranched alkanes of at least 4 members (excludes halogenated alkanes) is 6. The Morgan fingerprint density at radius 2 is 1.47 bits per heavy atom. The summed E-state index contributed by atoms with van der Waals surface area (Å²) >= 11 is 0. The lowest BCUT2D eigenvalue weighted by Crippen LogP contribution is -2.05. The Bertz CT molecular complexity index is 112. The fourth-order valence-electron chi connectivity index (χ4n) is 1.85. The third kappa shape index (κ3) is 11.9. The second-order valence-corrected chi connectivity index (χ2v) is 4.67. The van der Waals surface area contributed by atoms with E-state index in [9.17, 15) is 0 Å². The molecule has 0 aliphatic heterocycles. The highest BCUT2D eigenvalue weighted by atomic mass is 16.5. The van der Waals surface area contributed by atoms with Crippen LogP contribution in [-0.2, 0) is 4.74 Å². The Hall–Kier alpha value is -0.0400. The van der Waals surface area contributed by atoms with Gasteiger partial charge in [-0.3, -0.25) is 0 Å². The summed E-state index contributed by atoms with van der Waals surface area (Å²) in [5.41, 5.74) is 0. The quantitative estimate of drug-likeness (QED) is 0.449. The van der Waals surface area contributed by atoms with Crippen molar-refractivity contribution in [3.05, 3.63) is 0 Å². The molecule has 0 N–H and O–H groups in total.